The van der Waals surface area contributed by atoms with Crippen LogP contribution in [0.5, 0.6) is 5.75 Å². The molecule has 2 N–H and O–H groups in total. The fraction of sp³-hybridized carbons (Fsp3) is 0.385. The molecule has 0 unspecified atom stereocenters. The van der Waals surface area contributed by atoms with E-state index in [4.69, 9.17) is 22.1 Å². The number of nitrogens with two attached hydrogens (primary N) is 1. The molecule has 4 heteroatoms. The summed E-state index contributed by atoms with van der Waals surface area (Å²) < 4.78 is 7.41. The Morgan fingerprint density at radius 2 is 2.12 bits per heavy atom. The smallest absolute Gasteiger partial charge is 0.138 e. The Morgan fingerprint density at radius 3 is 2.71 bits per heavy atom. The van der Waals surface area contributed by atoms with Crippen LogP contribution in [0, 0.1) is 6.92 Å². The van der Waals surface area contributed by atoms with Gasteiger partial charge in [0.05, 0.1) is 12.1 Å². The van der Waals surface area contributed by atoms with Gasteiger partial charge in [0.25, 0.3) is 0 Å². The summed E-state index contributed by atoms with van der Waals surface area (Å²) in [4.78, 5) is 0. The molecule has 0 spiro atoms. The molecule has 0 fully saturated rings. The lowest BCUT2D eigenvalue weighted by molar-refractivity contribution is 0.415. The van der Waals surface area contributed by atoms with Crippen molar-refractivity contribution in [1.29, 1.82) is 0 Å². The fourth-order valence-electron chi connectivity index (χ4n) is 2.26. The highest BCUT2D eigenvalue weighted by molar-refractivity contribution is 6.32. The number of aryl methyl sites for hydroxylation is 1. The first kappa shape index (κ1) is 12.3. The minimum atomic E-state index is 0.639. The van der Waals surface area contributed by atoms with Gasteiger partial charge in [-0.15, -0.1) is 0 Å². The van der Waals surface area contributed by atoms with Crippen molar-refractivity contribution in [1.82, 2.24) is 4.57 Å². The third-order valence-electron chi connectivity index (χ3n) is 3.29. The molecule has 92 valence electrons. The molecule has 0 aliphatic carbocycles. The summed E-state index contributed by atoms with van der Waals surface area (Å²) in [5.41, 5.74) is 9.29. The quantitative estimate of drug-likeness (QED) is 0.912. The van der Waals surface area contributed by atoms with Gasteiger partial charge in [-0.05, 0) is 37.6 Å². The van der Waals surface area contributed by atoms with Crippen LogP contribution in [-0.4, -0.2) is 18.2 Å². The Kier molecular flexibility index (Phi) is 3.31. The van der Waals surface area contributed by atoms with Gasteiger partial charge in [0.2, 0.25) is 0 Å². The average Bonchev–Trinajstić information content (AvgIpc) is 2.54. The van der Waals surface area contributed by atoms with Crippen molar-refractivity contribution in [3.05, 3.63) is 28.4 Å². The van der Waals surface area contributed by atoms with Crippen LogP contribution in [0.3, 0.4) is 0 Å². The monoisotopic (exact) mass is 252 g/mol. The van der Waals surface area contributed by atoms with Gasteiger partial charge in [0, 0.05) is 23.6 Å². The molecule has 1 heterocycles. The van der Waals surface area contributed by atoms with Crippen LogP contribution < -0.4 is 10.5 Å². The van der Waals surface area contributed by atoms with E-state index in [-0.39, 0.29) is 0 Å². The second-order valence-electron chi connectivity index (χ2n) is 4.17. The summed E-state index contributed by atoms with van der Waals surface area (Å²) in [6, 6.07) is 3.94. The molecule has 0 radical (unpaired) electrons. The van der Waals surface area contributed by atoms with Crippen molar-refractivity contribution in [2.75, 3.05) is 13.7 Å². The lowest BCUT2D eigenvalue weighted by atomic mass is 10.1. The molecule has 0 atom stereocenters. The summed E-state index contributed by atoms with van der Waals surface area (Å²) in [6.45, 7) is 2.75. The van der Waals surface area contributed by atoms with E-state index in [1.165, 1.54) is 16.6 Å². The number of methoxy groups -OCH3 is 1. The second-order valence-corrected chi connectivity index (χ2v) is 4.57. The Balaban J connectivity index is 2.77. The second kappa shape index (κ2) is 4.59. The molecular weight excluding hydrogens is 236 g/mol. The summed E-state index contributed by atoms with van der Waals surface area (Å²) in [5.74, 6) is 0.711. The first-order valence-electron chi connectivity index (χ1n) is 5.61. The van der Waals surface area contributed by atoms with Crippen molar-refractivity contribution < 1.29 is 4.74 Å². The summed E-state index contributed by atoms with van der Waals surface area (Å²) in [5, 5.41) is 1.82. The molecule has 0 aliphatic rings. The first-order valence-corrected chi connectivity index (χ1v) is 5.99. The van der Waals surface area contributed by atoms with Crippen LogP contribution in [0.2, 0.25) is 5.02 Å². The average molecular weight is 253 g/mol. The third-order valence-corrected chi connectivity index (χ3v) is 3.59. The molecule has 2 aromatic rings. The number of benzene rings is 1. The van der Waals surface area contributed by atoms with Crippen molar-refractivity contribution in [2.45, 2.75) is 13.3 Å². The van der Waals surface area contributed by atoms with E-state index in [1.54, 1.807) is 7.11 Å². The lowest BCUT2D eigenvalue weighted by Gasteiger charge is -2.04. The number of halogens is 1. The van der Waals surface area contributed by atoms with Gasteiger partial charge in [-0.1, -0.05) is 11.6 Å². The molecule has 1 aromatic carbocycles. The number of ether oxygens (including phenoxy) is 1. The third kappa shape index (κ3) is 1.90. The predicted molar refractivity (Wildman–Crippen MR) is 72.0 cm³/mol. The number of hydrogen-bond acceptors (Lipinski definition) is 2. The van der Waals surface area contributed by atoms with E-state index in [2.05, 4.69) is 11.5 Å². The summed E-state index contributed by atoms with van der Waals surface area (Å²) in [6.07, 6.45) is 0.869. The standard InChI is InChI=1S/C13H17ClN2O/c1-8-9(4-5-15)10-6-13(17-3)11(14)7-12(10)16(8)2/h6-7H,4-5,15H2,1-3H3. The maximum atomic E-state index is 6.15. The SMILES string of the molecule is COc1cc2c(CCN)c(C)n(C)c2cc1Cl. The Bertz CT molecular complexity index is 560. The van der Waals surface area contributed by atoms with E-state index < -0.39 is 0 Å². The van der Waals surface area contributed by atoms with Gasteiger partial charge in [-0.3, -0.25) is 0 Å². The number of hydrogen-bond donors (Lipinski definition) is 1. The molecule has 2 rings (SSSR count). The van der Waals surface area contributed by atoms with Gasteiger partial charge in [-0.2, -0.15) is 0 Å². The van der Waals surface area contributed by atoms with E-state index in [0.717, 1.165) is 11.9 Å². The molecule has 3 nitrogen and oxygen atoms in total. The van der Waals surface area contributed by atoms with Crippen LogP contribution in [0.4, 0.5) is 0 Å². The summed E-state index contributed by atoms with van der Waals surface area (Å²) >= 11 is 6.15. The van der Waals surface area contributed by atoms with Crippen molar-refractivity contribution >= 4 is 22.5 Å². The van der Waals surface area contributed by atoms with Gasteiger partial charge in [0.1, 0.15) is 5.75 Å². The van der Waals surface area contributed by atoms with Crippen LogP contribution >= 0.6 is 11.6 Å². The molecule has 17 heavy (non-hydrogen) atoms. The van der Waals surface area contributed by atoms with Crippen molar-refractivity contribution in [2.24, 2.45) is 12.8 Å². The molecule has 0 amide bonds. The molecule has 0 bridgehead atoms. The zero-order valence-electron chi connectivity index (χ0n) is 10.4. The van der Waals surface area contributed by atoms with Gasteiger partial charge < -0.3 is 15.0 Å². The fourth-order valence-corrected chi connectivity index (χ4v) is 2.49. The largest absolute Gasteiger partial charge is 0.495 e. The number of rotatable bonds is 3. The minimum Gasteiger partial charge on any atom is -0.495 e. The van der Waals surface area contributed by atoms with Crippen LogP contribution in [0.25, 0.3) is 10.9 Å². The molecule has 0 saturated carbocycles. The highest BCUT2D eigenvalue weighted by Gasteiger charge is 2.14. The highest BCUT2D eigenvalue weighted by atomic mass is 35.5. The molecular formula is C13H17ClN2O. The van der Waals surface area contributed by atoms with Crippen LogP contribution in [0.15, 0.2) is 12.1 Å². The Labute approximate surface area is 106 Å². The van der Waals surface area contributed by atoms with E-state index >= 15 is 0 Å². The molecule has 1 aromatic heterocycles. The molecule has 0 aliphatic heterocycles. The highest BCUT2D eigenvalue weighted by Crippen LogP contribution is 2.34. The normalized spacial score (nSPS) is 11.1. The zero-order valence-corrected chi connectivity index (χ0v) is 11.1. The zero-order chi connectivity index (χ0) is 12.6. The van der Waals surface area contributed by atoms with E-state index in [9.17, 15) is 0 Å². The predicted octanol–water partition coefficient (Wildman–Crippen LogP) is 2.65. The van der Waals surface area contributed by atoms with Gasteiger partial charge in [-0.25, -0.2) is 0 Å². The van der Waals surface area contributed by atoms with E-state index in [1.807, 2.05) is 19.2 Å². The van der Waals surface area contributed by atoms with Gasteiger partial charge >= 0.3 is 0 Å². The van der Waals surface area contributed by atoms with E-state index in [0.29, 0.717) is 17.3 Å². The van der Waals surface area contributed by atoms with Crippen LogP contribution in [-0.2, 0) is 13.5 Å². The van der Waals surface area contributed by atoms with Gasteiger partial charge in [0.15, 0.2) is 0 Å². The number of nitrogens with zero attached hydrogens (tertiary/aromatic N) is 1. The topological polar surface area (TPSA) is 40.2 Å². The minimum absolute atomic E-state index is 0.639. The Hall–Kier alpha value is -1.19. The maximum Gasteiger partial charge on any atom is 0.138 e. The number of aromatic nitrogens is 1. The Morgan fingerprint density at radius 1 is 1.41 bits per heavy atom. The van der Waals surface area contributed by atoms with Crippen molar-refractivity contribution in [3.63, 3.8) is 0 Å². The van der Waals surface area contributed by atoms with Crippen LogP contribution in [0.1, 0.15) is 11.3 Å². The molecule has 0 saturated heterocycles. The maximum absolute atomic E-state index is 6.15. The lowest BCUT2D eigenvalue weighted by Crippen LogP contribution is -2.04. The summed E-state index contributed by atoms with van der Waals surface area (Å²) in [7, 11) is 3.67. The number of fused-ring (bicyclic) bond motifs is 1. The first-order chi connectivity index (χ1) is 8.10. The van der Waals surface area contributed by atoms with Crippen molar-refractivity contribution in [3.8, 4) is 5.75 Å².